The molecule has 2 nitrogen and oxygen atoms in total. The summed E-state index contributed by atoms with van der Waals surface area (Å²) in [6.45, 7) is 0. The topological polar surface area (TPSA) is 52.0 Å². The number of nitrogen functional groups attached to an aromatic ring is 2. The zero-order valence-electron chi connectivity index (χ0n) is 4.87. The van der Waals surface area contributed by atoms with Gasteiger partial charge in [-0.2, -0.15) is 0 Å². The summed E-state index contributed by atoms with van der Waals surface area (Å²) in [4.78, 5) is 0. The van der Waals surface area contributed by atoms with Crippen LogP contribution in [0.25, 0.3) is 0 Å². The lowest BCUT2D eigenvalue weighted by molar-refractivity contribution is 1.67. The van der Waals surface area contributed by atoms with Crippen LogP contribution in [-0.2, 0) is 0 Å². The molecule has 1 aromatic rings. The second-order valence-electron chi connectivity index (χ2n) is 1.67. The van der Waals surface area contributed by atoms with Crippen LogP contribution in [0.3, 0.4) is 0 Å². The number of halogens is 1. The first-order valence-electron chi connectivity index (χ1n) is 2.40. The first-order chi connectivity index (χ1) is 3.79. The lowest BCUT2D eigenvalue weighted by Gasteiger charge is -1.91. The van der Waals surface area contributed by atoms with E-state index in [1.165, 1.54) is 0 Å². The Hall–Kier alpha value is -0.890. The molecular weight excluding hydrogens is 136 g/mol. The van der Waals surface area contributed by atoms with Crippen LogP contribution in [0.2, 0.25) is 0 Å². The van der Waals surface area contributed by atoms with Crippen molar-refractivity contribution < 1.29 is 0 Å². The molecule has 50 valence electrons. The number of hydrogen-bond acceptors (Lipinski definition) is 2. The summed E-state index contributed by atoms with van der Waals surface area (Å²) in [5.74, 6) is 0. The molecule has 1 aromatic carbocycles. The lowest BCUT2D eigenvalue weighted by atomic mass is 10.3. The SMILES string of the molecule is Cl.Nc1cccc(N)c1. The Labute approximate surface area is 60.3 Å². The predicted molar refractivity (Wildman–Crippen MR) is 42.5 cm³/mol. The molecule has 0 amide bonds. The van der Waals surface area contributed by atoms with E-state index < -0.39 is 0 Å². The van der Waals surface area contributed by atoms with Crippen molar-refractivity contribution in [1.29, 1.82) is 0 Å². The molecular formula is C6H9ClN2. The molecule has 3 heteroatoms. The molecule has 0 atom stereocenters. The van der Waals surface area contributed by atoms with Gasteiger partial charge in [-0.1, -0.05) is 6.07 Å². The third kappa shape index (κ3) is 2.24. The van der Waals surface area contributed by atoms with E-state index in [2.05, 4.69) is 0 Å². The van der Waals surface area contributed by atoms with Gasteiger partial charge in [0.2, 0.25) is 0 Å². The highest BCUT2D eigenvalue weighted by atomic mass is 35.5. The lowest BCUT2D eigenvalue weighted by Crippen LogP contribution is -1.87. The maximum absolute atomic E-state index is 5.38. The molecule has 0 radical (unpaired) electrons. The van der Waals surface area contributed by atoms with Gasteiger partial charge in [-0.25, -0.2) is 0 Å². The van der Waals surface area contributed by atoms with Crippen molar-refractivity contribution in [3.63, 3.8) is 0 Å². The average Bonchev–Trinajstić information content (AvgIpc) is 1.64. The van der Waals surface area contributed by atoms with Gasteiger partial charge in [0.1, 0.15) is 0 Å². The molecule has 1 rings (SSSR count). The van der Waals surface area contributed by atoms with Gasteiger partial charge in [-0.3, -0.25) is 0 Å². The summed E-state index contributed by atoms with van der Waals surface area (Å²) in [6, 6.07) is 7.15. The minimum atomic E-state index is 0. The van der Waals surface area contributed by atoms with Crippen LogP contribution in [0.4, 0.5) is 11.4 Å². The zero-order chi connectivity index (χ0) is 5.98. The molecule has 0 bridgehead atoms. The van der Waals surface area contributed by atoms with Crippen LogP contribution in [-0.4, -0.2) is 0 Å². The van der Waals surface area contributed by atoms with Gasteiger partial charge in [-0.05, 0) is 18.2 Å². The van der Waals surface area contributed by atoms with Crippen LogP contribution < -0.4 is 11.5 Å². The molecule has 0 spiro atoms. The van der Waals surface area contributed by atoms with Gasteiger partial charge in [0, 0.05) is 11.4 Å². The van der Waals surface area contributed by atoms with Crippen LogP contribution in [0, 0.1) is 0 Å². The molecule has 0 heterocycles. The summed E-state index contributed by atoms with van der Waals surface area (Å²) < 4.78 is 0. The van der Waals surface area contributed by atoms with Gasteiger partial charge in [-0.15, -0.1) is 12.4 Å². The largest absolute Gasteiger partial charge is 0.399 e. The molecule has 0 aliphatic carbocycles. The van der Waals surface area contributed by atoms with Gasteiger partial charge in [0.15, 0.2) is 0 Å². The highest BCUT2D eigenvalue weighted by Gasteiger charge is 1.81. The number of hydrogen-bond donors (Lipinski definition) is 2. The Bertz CT molecular complexity index is 171. The van der Waals surface area contributed by atoms with E-state index in [1.807, 2.05) is 6.07 Å². The minimum absolute atomic E-state index is 0. The fourth-order valence-corrected chi connectivity index (χ4v) is 0.559. The molecule has 4 N–H and O–H groups in total. The van der Waals surface area contributed by atoms with E-state index in [0.29, 0.717) is 11.4 Å². The summed E-state index contributed by atoms with van der Waals surface area (Å²) in [6.07, 6.45) is 0. The maximum Gasteiger partial charge on any atom is 0.0334 e. The summed E-state index contributed by atoms with van der Waals surface area (Å²) in [5, 5.41) is 0. The zero-order valence-corrected chi connectivity index (χ0v) is 5.69. The van der Waals surface area contributed by atoms with Crippen molar-refractivity contribution >= 4 is 23.8 Å². The molecule has 0 fully saturated rings. The van der Waals surface area contributed by atoms with Crippen molar-refractivity contribution in [2.45, 2.75) is 0 Å². The molecule has 0 aliphatic heterocycles. The molecule has 0 unspecified atom stereocenters. The predicted octanol–water partition coefficient (Wildman–Crippen LogP) is 1.27. The summed E-state index contributed by atoms with van der Waals surface area (Å²) >= 11 is 0. The monoisotopic (exact) mass is 144 g/mol. The average molecular weight is 145 g/mol. The second kappa shape index (κ2) is 3.20. The Morgan fingerprint density at radius 2 is 1.44 bits per heavy atom. The normalized spacial score (nSPS) is 8.00. The smallest absolute Gasteiger partial charge is 0.0334 e. The van der Waals surface area contributed by atoms with E-state index in [9.17, 15) is 0 Å². The molecule has 0 saturated heterocycles. The molecule has 0 aliphatic rings. The molecule has 9 heavy (non-hydrogen) atoms. The summed E-state index contributed by atoms with van der Waals surface area (Å²) in [7, 11) is 0. The number of benzene rings is 1. The molecule has 0 aromatic heterocycles. The van der Waals surface area contributed by atoms with Crippen molar-refractivity contribution in [3.8, 4) is 0 Å². The van der Waals surface area contributed by atoms with Gasteiger partial charge in [0.05, 0.1) is 0 Å². The minimum Gasteiger partial charge on any atom is -0.399 e. The quantitative estimate of drug-likeness (QED) is 0.539. The number of rotatable bonds is 0. The highest BCUT2D eigenvalue weighted by molar-refractivity contribution is 5.85. The first-order valence-corrected chi connectivity index (χ1v) is 2.40. The first kappa shape index (κ1) is 8.11. The Morgan fingerprint density at radius 1 is 1.00 bits per heavy atom. The van der Waals surface area contributed by atoms with Crippen molar-refractivity contribution in [3.05, 3.63) is 24.3 Å². The van der Waals surface area contributed by atoms with E-state index in [0.717, 1.165) is 0 Å². The fourth-order valence-electron chi connectivity index (χ4n) is 0.559. The Morgan fingerprint density at radius 3 is 1.67 bits per heavy atom. The Balaban J connectivity index is 0.000000640. The van der Waals surface area contributed by atoms with Crippen LogP contribution in [0.15, 0.2) is 24.3 Å². The third-order valence-electron chi connectivity index (χ3n) is 0.911. The van der Waals surface area contributed by atoms with Gasteiger partial charge in [0.25, 0.3) is 0 Å². The van der Waals surface area contributed by atoms with E-state index >= 15 is 0 Å². The van der Waals surface area contributed by atoms with Crippen LogP contribution in [0.1, 0.15) is 0 Å². The fraction of sp³-hybridized carbons (Fsp3) is 0. The van der Waals surface area contributed by atoms with Crippen molar-refractivity contribution in [2.24, 2.45) is 0 Å². The van der Waals surface area contributed by atoms with E-state index in [4.69, 9.17) is 11.5 Å². The van der Waals surface area contributed by atoms with Crippen LogP contribution in [0.5, 0.6) is 0 Å². The number of nitrogens with two attached hydrogens (primary N) is 2. The highest BCUT2D eigenvalue weighted by Crippen LogP contribution is 2.06. The van der Waals surface area contributed by atoms with E-state index in [-0.39, 0.29) is 12.4 Å². The molecule has 0 saturated carbocycles. The Kier molecular flexibility index (Phi) is 2.88. The van der Waals surface area contributed by atoms with Crippen molar-refractivity contribution in [2.75, 3.05) is 11.5 Å². The summed E-state index contributed by atoms with van der Waals surface area (Å²) in [5.41, 5.74) is 12.2. The standard InChI is InChI=1S/C6H8N2.ClH/c7-5-2-1-3-6(8)4-5;/h1-4H,7-8H2;1H. The van der Waals surface area contributed by atoms with Gasteiger partial charge < -0.3 is 11.5 Å². The van der Waals surface area contributed by atoms with E-state index in [1.54, 1.807) is 18.2 Å². The van der Waals surface area contributed by atoms with Crippen molar-refractivity contribution in [1.82, 2.24) is 0 Å². The third-order valence-corrected chi connectivity index (χ3v) is 0.911. The van der Waals surface area contributed by atoms with Gasteiger partial charge >= 0.3 is 0 Å². The number of anilines is 2. The second-order valence-corrected chi connectivity index (χ2v) is 1.67. The van der Waals surface area contributed by atoms with Crippen LogP contribution >= 0.6 is 12.4 Å². The maximum atomic E-state index is 5.38.